The smallest absolute Gasteiger partial charge is 0.188 e. The summed E-state index contributed by atoms with van der Waals surface area (Å²) in [5, 5.41) is 19.0. The largest absolute Gasteiger partial charge is 0.632 e. The lowest BCUT2D eigenvalue weighted by Gasteiger charge is -2.18. The number of hydrogen-bond donors (Lipinski definition) is 2. The minimum atomic E-state index is -0.625. The first kappa shape index (κ1) is 5.03. The quantitative estimate of drug-likeness (QED) is 0.366. The summed E-state index contributed by atoms with van der Waals surface area (Å²) in [6, 6.07) is 0. The fourth-order valence-electron chi connectivity index (χ4n) is 0.797. The second-order valence-corrected chi connectivity index (χ2v) is 1.87. The predicted molar refractivity (Wildman–Crippen MR) is 24.4 cm³/mol. The second-order valence-electron chi connectivity index (χ2n) is 1.87. The molecule has 2 unspecified atom stereocenters. The molecule has 2 N–H and O–H groups in total. The van der Waals surface area contributed by atoms with Gasteiger partial charge in [0, 0.05) is 12.8 Å². The van der Waals surface area contributed by atoms with E-state index < -0.39 is 6.23 Å². The number of quaternary nitrogens is 1. The van der Waals surface area contributed by atoms with E-state index in [2.05, 4.69) is 0 Å². The molecule has 0 amide bonds. The predicted octanol–water partition coefficient (Wildman–Crippen LogP) is -1.52. The average molecular weight is 103 g/mol. The Morgan fingerprint density at radius 1 is 1.71 bits per heavy atom. The number of nitrogens with one attached hydrogen (secondary N) is 1. The van der Waals surface area contributed by atoms with Gasteiger partial charge in [0.15, 0.2) is 6.23 Å². The van der Waals surface area contributed by atoms with E-state index in [1.807, 2.05) is 0 Å². The van der Waals surface area contributed by atoms with Crippen LogP contribution in [0.2, 0.25) is 0 Å². The molecule has 1 fully saturated rings. The molecular formula is C4H9NO2. The van der Waals surface area contributed by atoms with Crippen LogP contribution in [0.5, 0.6) is 0 Å². The van der Waals surface area contributed by atoms with Crippen LogP contribution in [-0.2, 0) is 0 Å². The number of aliphatic hydroxyl groups is 1. The molecule has 0 radical (unpaired) electrons. The highest BCUT2D eigenvalue weighted by atomic mass is 16.5. The fraction of sp³-hybridized carbons (Fsp3) is 1.00. The lowest BCUT2D eigenvalue weighted by molar-refractivity contribution is -0.885. The van der Waals surface area contributed by atoms with Crippen LogP contribution in [0, 0.1) is 5.21 Å². The summed E-state index contributed by atoms with van der Waals surface area (Å²) < 4.78 is 0. The van der Waals surface area contributed by atoms with Gasteiger partial charge in [0.1, 0.15) is 0 Å². The molecule has 0 bridgehead atoms. The summed E-state index contributed by atoms with van der Waals surface area (Å²) in [6.45, 7) is 0.584. The van der Waals surface area contributed by atoms with Crippen molar-refractivity contribution in [1.82, 2.24) is 0 Å². The first-order chi connectivity index (χ1) is 3.30. The van der Waals surface area contributed by atoms with Gasteiger partial charge in [-0.1, -0.05) is 0 Å². The zero-order valence-corrected chi connectivity index (χ0v) is 4.05. The molecule has 3 heteroatoms. The van der Waals surface area contributed by atoms with Crippen molar-refractivity contribution in [2.24, 2.45) is 0 Å². The average Bonchev–Trinajstić information content (AvgIpc) is 1.91. The van der Waals surface area contributed by atoms with Crippen LogP contribution in [0.3, 0.4) is 0 Å². The maximum absolute atomic E-state index is 10.3. The van der Waals surface area contributed by atoms with Crippen LogP contribution in [0.1, 0.15) is 12.8 Å². The van der Waals surface area contributed by atoms with Crippen molar-refractivity contribution in [3.05, 3.63) is 5.21 Å². The summed E-state index contributed by atoms with van der Waals surface area (Å²) in [5.74, 6) is 0. The molecule has 3 nitrogen and oxygen atoms in total. The maximum Gasteiger partial charge on any atom is 0.188 e. The molecular weight excluding hydrogens is 94.0 g/mol. The van der Waals surface area contributed by atoms with Crippen molar-refractivity contribution in [1.29, 1.82) is 0 Å². The Balaban J connectivity index is 2.33. The van der Waals surface area contributed by atoms with Gasteiger partial charge < -0.3 is 15.4 Å². The lowest BCUT2D eigenvalue weighted by Crippen LogP contribution is -3.09. The number of rotatable bonds is 0. The third-order valence-electron chi connectivity index (χ3n) is 1.27. The van der Waals surface area contributed by atoms with Gasteiger partial charge >= 0.3 is 0 Å². The molecule has 1 aliphatic heterocycles. The van der Waals surface area contributed by atoms with E-state index in [9.17, 15) is 5.21 Å². The Bertz CT molecular complexity index is 58.7. The minimum Gasteiger partial charge on any atom is -0.632 e. The van der Waals surface area contributed by atoms with Crippen LogP contribution < -0.4 is 5.06 Å². The minimum absolute atomic E-state index is 0.0139. The van der Waals surface area contributed by atoms with Gasteiger partial charge in [-0.25, -0.2) is 0 Å². The first-order valence-corrected chi connectivity index (χ1v) is 2.51. The highest BCUT2D eigenvalue weighted by molar-refractivity contribution is 4.48. The van der Waals surface area contributed by atoms with Crippen LogP contribution in [0.15, 0.2) is 0 Å². The van der Waals surface area contributed by atoms with Gasteiger partial charge in [0.05, 0.1) is 6.54 Å². The fourth-order valence-corrected chi connectivity index (χ4v) is 0.797. The van der Waals surface area contributed by atoms with E-state index in [0.29, 0.717) is 13.0 Å². The van der Waals surface area contributed by atoms with Gasteiger partial charge in [-0.05, 0) is 0 Å². The maximum atomic E-state index is 10.3. The van der Waals surface area contributed by atoms with Crippen LogP contribution in [-0.4, -0.2) is 17.9 Å². The van der Waals surface area contributed by atoms with Gasteiger partial charge in [0.2, 0.25) is 0 Å². The molecule has 1 rings (SSSR count). The van der Waals surface area contributed by atoms with Crippen LogP contribution in [0.25, 0.3) is 0 Å². The molecule has 1 aliphatic rings. The third-order valence-corrected chi connectivity index (χ3v) is 1.27. The highest BCUT2D eigenvalue weighted by Crippen LogP contribution is 1.93. The molecule has 0 spiro atoms. The van der Waals surface area contributed by atoms with Gasteiger partial charge in [-0.2, -0.15) is 0 Å². The SMILES string of the molecule is [O-][NH+]1CCCC1O. The zero-order chi connectivity index (χ0) is 5.28. The normalized spacial score (nSPS) is 42.0. The molecule has 0 aromatic carbocycles. The summed E-state index contributed by atoms with van der Waals surface area (Å²) in [6.07, 6.45) is 0.929. The molecule has 42 valence electrons. The Labute approximate surface area is 42.1 Å². The van der Waals surface area contributed by atoms with E-state index in [4.69, 9.17) is 5.11 Å². The third kappa shape index (κ3) is 0.907. The van der Waals surface area contributed by atoms with Crippen molar-refractivity contribution in [2.75, 3.05) is 6.54 Å². The number of aliphatic hydroxyl groups excluding tert-OH is 1. The van der Waals surface area contributed by atoms with Crippen molar-refractivity contribution < 1.29 is 10.2 Å². The van der Waals surface area contributed by atoms with Gasteiger partial charge in [0.25, 0.3) is 0 Å². The zero-order valence-electron chi connectivity index (χ0n) is 4.05. The molecule has 7 heavy (non-hydrogen) atoms. The van der Waals surface area contributed by atoms with E-state index in [1.165, 1.54) is 0 Å². The standard InChI is InChI=1S/C4H9NO2/c6-4-2-1-3-5(4)7/h4-6H,1-3H2. The molecule has 1 heterocycles. The molecule has 0 aromatic rings. The summed E-state index contributed by atoms with van der Waals surface area (Å²) in [4.78, 5) is 0. The Hall–Kier alpha value is -0.120. The molecule has 0 aliphatic carbocycles. The monoisotopic (exact) mass is 103 g/mol. The van der Waals surface area contributed by atoms with E-state index in [1.54, 1.807) is 0 Å². The summed E-state index contributed by atoms with van der Waals surface area (Å²) in [5.41, 5.74) is 0. The Morgan fingerprint density at radius 2 is 2.43 bits per heavy atom. The van der Waals surface area contributed by atoms with Crippen molar-refractivity contribution in [3.8, 4) is 0 Å². The Morgan fingerprint density at radius 3 is 2.57 bits per heavy atom. The second kappa shape index (κ2) is 1.78. The van der Waals surface area contributed by atoms with Gasteiger partial charge in [-0.15, -0.1) is 0 Å². The van der Waals surface area contributed by atoms with Crippen LogP contribution >= 0.6 is 0 Å². The van der Waals surface area contributed by atoms with Crippen molar-refractivity contribution in [2.45, 2.75) is 19.1 Å². The number of hydroxylamine groups is 2. The first-order valence-electron chi connectivity index (χ1n) is 2.51. The molecule has 0 aromatic heterocycles. The molecule has 1 saturated heterocycles. The molecule has 0 saturated carbocycles. The van der Waals surface area contributed by atoms with Crippen molar-refractivity contribution >= 4 is 0 Å². The summed E-state index contributed by atoms with van der Waals surface area (Å²) >= 11 is 0. The highest BCUT2D eigenvalue weighted by Gasteiger charge is 2.17. The lowest BCUT2D eigenvalue weighted by atomic mass is 10.4. The van der Waals surface area contributed by atoms with E-state index in [0.717, 1.165) is 6.42 Å². The Kier molecular flexibility index (Phi) is 1.27. The van der Waals surface area contributed by atoms with Crippen molar-refractivity contribution in [3.63, 3.8) is 0 Å². The van der Waals surface area contributed by atoms with E-state index in [-0.39, 0.29) is 5.06 Å². The topological polar surface area (TPSA) is 47.7 Å². The van der Waals surface area contributed by atoms with Crippen LogP contribution in [0.4, 0.5) is 0 Å². The number of hydrogen-bond acceptors (Lipinski definition) is 2. The summed E-state index contributed by atoms with van der Waals surface area (Å²) in [7, 11) is 0. The molecule has 2 atom stereocenters. The van der Waals surface area contributed by atoms with E-state index >= 15 is 0 Å². The van der Waals surface area contributed by atoms with Gasteiger partial charge in [-0.3, -0.25) is 0 Å².